The van der Waals surface area contributed by atoms with Gasteiger partial charge in [0.25, 0.3) is 0 Å². The molecule has 2 unspecified atom stereocenters. The summed E-state index contributed by atoms with van der Waals surface area (Å²) in [5.41, 5.74) is 21.7. The van der Waals surface area contributed by atoms with E-state index in [0.29, 0.717) is 37.0 Å². The first-order chi connectivity index (χ1) is 25.9. The van der Waals surface area contributed by atoms with E-state index < -0.39 is 23.6 Å². The van der Waals surface area contributed by atoms with Crippen molar-refractivity contribution in [2.75, 3.05) is 52.4 Å². The van der Waals surface area contributed by atoms with Gasteiger partial charge in [-0.05, 0) is 69.2 Å². The van der Waals surface area contributed by atoms with E-state index in [0.717, 1.165) is 32.0 Å². The Morgan fingerprint density at radius 2 is 1.85 bits per heavy atom. The van der Waals surface area contributed by atoms with Crippen LogP contribution >= 0.6 is 11.6 Å². The number of nitrogens with two attached hydrogens (primary N) is 3. The van der Waals surface area contributed by atoms with E-state index in [-0.39, 0.29) is 29.7 Å². The first kappa shape index (κ1) is 43.8. The van der Waals surface area contributed by atoms with Crippen LogP contribution in [0.15, 0.2) is 54.4 Å². The molecule has 5 rings (SSSR count). The Hall–Kier alpha value is -2.95. The summed E-state index contributed by atoms with van der Waals surface area (Å²) in [6.45, 7) is 5.57. The molecule has 2 aromatic rings. The molecule has 0 radical (unpaired) electrons. The molecule has 3 aliphatic heterocycles. The van der Waals surface area contributed by atoms with Crippen molar-refractivity contribution in [3.8, 4) is 5.75 Å². The van der Waals surface area contributed by atoms with Crippen LogP contribution in [0.3, 0.4) is 0 Å². The summed E-state index contributed by atoms with van der Waals surface area (Å²) >= 11 is 6.58. The number of alkyl halides is 3. The van der Waals surface area contributed by atoms with Gasteiger partial charge in [-0.3, -0.25) is 9.88 Å². The number of benzene rings is 1. The Morgan fingerprint density at radius 1 is 1.11 bits per heavy atom. The minimum Gasteiger partial charge on any atom is -0.497 e. The highest BCUT2D eigenvalue weighted by molar-refractivity contribution is 6.31. The summed E-state index contributed by atoms with van der Waals surface area (Å²) in [6.07, 6.45) is 16.7. The molecule has 0 bridgehead atoms. The number of rotatable bonds is 18. The number of hydrogen-bond acceptors (Lipinski definition) is 11. The molecule has 0 saturated carbocycles. The zero-order valence-electron chi connectivity index (χ0n) is 32.1. The molecule has 0 amide bonds. The molecular weight excluding hydrogens is 719 g/mol. The number of anilines is 2. The SMILES string of the molecule is CCCCCCCCCCN.COc1ccc(Nc2cnc(CN(CN)NC3(N4C=C([C@@H]5CCCN5C)C=CC4)COC(N)C3)c(Cl)c2)c(C(F)(F)F)c1. The highest BCUT2D eigenvalue weighted by Crippen LogP contribution is 2.39. The lowest BCUT2D eigenvalue weighted by atomic mass is 10.00. The lowest BCUT2D eigenvalue weighted by molar-refractivity contribution is -0.137. The van der Waals surface area contributed by atoms with Crippen LogP contribution in [0.5, 0.6) is 5.75 Å². The van der Waals surface area contributed by atoms with Gasteiger partial charge in [-0.2, -0.15) is 13.2 Å². The number of nitrogens with zero attached hydrogens (tertiary/aromatic N) is 4. The van der Waals surface area contributed by atoms with Crippen LogP contribution in [-0.2, 0) is 17.5 Å². The Balaban J connectivity index is 0.000000514. The van der Waals surface area contributed by atoms with E-state index in [1.54, 1.807) is 5.01 Å². The predicted molar refractivity (Wildman–Crippen MR) is 211 cm³/mol. The Bertz CT molecular complexity index is 1510. The van der Waals surface area contributed by atoms with Gasteiger partial charge in [-0.15, -0.1) is 0 Å². The van der Waals surface area contributed by atoms with Crippen molar-refractivity contribution >= 4 is 23.0 Å². The number of unbranched alkanes of at least 4 members (excludes halogenated alkanes) is 7. The molecule has 2 saturated heterocycles. The lowest BCUT2D eigenvalue weighted by Crippen LogP contribution is -2.64. The third kappa shape index (κ3) is 12.5. The first-order valence-electron chi connectivity index (χ1n) is 19.2. The van der Waals surface area contributed by atoms with Crippen LogP contribution in [0, 0.1) is 0 Å². The lowest BCUT2D eigenvalue weighted by Gasteiger charge is -2.44. The monoisotopic (exact) mass is 779 g/mol. The summed E-state index contributed by atoms with van der Waals surface area (Å²) in [5.74, 6) is 0.100. The van der Waals surface area contributed by atoms with E-state index >= 15 is 0 Å². The molecule has 1 aromatic carbocycles. The fraction of sp³-hybridized carbons (Fsp3) is 0.615. The minimum absolute atomic E-state index is 0.100. The average Bonchev–Trinajstić information content (AvgIpc) is 3.77. The molecule has 302 valence electrons. The zero-order valence-corrected chi connectivity index (χ0v) is 32.9. The minimum atomic E-state index is -4.59. The molecule has 4 heterocycles. The fourth-order valence-electron chi connectivity index (χ4n) is 7.15. The van der Waals surface area contributed by atoms with Crippen molar-refractivity contribution in [3.05, 3.63) is 70.7 Å². The normalized spacial score (nSPS) is 21.7. The van der Waals surface area contributed by atoms with Crippen molar-refractivity contribution in [2.24, 2.45) is 17.2 Å². The summed E-state index contributed by atoms with van der Waals surface area (Å²) < 4.78 is 51.8. The van der Waals surface area contributed by atoms with E-state index in [2.05, 4.69) is 57.8 Å². The summed E-state index contributed by atoms with van der Waals surface area (Å²) in [4.78, 5) is 9.04. The quantitative estimate of drug-likeness (QED) is 0.0603. The van der Waals surface area contributed by atoms with Gasteiger partial charge in [0.15, 0.2) is 0 Å². The molecule has 0 aliphatic carbocycles. The van der Waals surface area contributed by atoms with Gasteiger partial charge in [0.2, 0.25) is 0 Å². The molecule has 11 nitrogen and oxygen atoms in total. The molecule has 1 aromatic heterocycles. The third-order valence-corrected chi connectivity index (χ3v) is 10.5. The number of hydrazine groups is 1. The van der Waals surface area contributed by atoms with E-state index in [1.165, 1.54) is 88.4 Å². The van der Waals surface area contributed by atoms with Gasteiger partial charge in [-0.1, -0.05) is 75.6 Å². The fourth-order valence-corrected chi connectivity index (χ4v) is 7.37. The van der Waals surface area contributed by atoms with Crippen LogP contribution in [0.4, 0.5) is 24.5 Å². The maximum atomic E-state index is 13.7. The van der Waals surface area contributed by atoms with Crippen molar-refractivity contribution in [1.82, 2.24) is 25.2 Å². The van der Waals surface area contributed by atoms with Crippen molar-refractivity contribution < 1.29 is 22.6 Å². The summed E-state index contributed by atoms with van der Waals surface area (Å²) in [5, 5.41) is 4.84. The van der Waals surface area contributed by atoms with Crippen molar-refractivity contribution in [3.63, 3.8) is 0 Å². The van der Waals surface area contributed by atoms with Gasteiger partial charge in [0.1, 0.15) is 17.6 Å². The van der Waals surface area contributed by atoms with Crippen LogP contribution in [-0.4, -0.2) is 84.8 Å². The number of ether oxygens (including phenoxy) is 2. The van der Waals surface area contributed by atoms with Crippen molar-refractivity contribution in [2.45, 2.75) is 108 Å². The molecule has 8 N–H and O–H groups in total. The molecule has 2 fully saturated rings. The number of methoxy groups -OCH3 is 1. The second-order valence-corrected chi connectivity index (χ2v) is 14.8. The van der Waals surface area contributed by atoms with Gasteiger partial charge < -0.3 is 36.9 Å². The highest BCUT2D eigenvalue weighted by Gasteiger charge is 2.45. The summed E-state index contributed by atoms with van der Waals surface area (Å²) in [7, 11) is 3.46. The van der Waals surface area contributed by atoms with Gasteiger partial charge >= 0.3 is 6.18 Å². The second-order valence-electron chi connectivity index (χ2n) is 14.4. The standard InChI is InChI=1S/C29H38ClF3N8O2.C10H23N/c1-39-9-4-6-26(39)19-5-3-10-40(15-19)28(13-27(35)43-17-28)38-41(18-34)16-25-23(30)11-20(14-36-25)37-24-8-7-21(42-2)12-22(24)29(31,32)33;1-2-3-4-5-6-7-8-9-10-11/h3,5,7-8,11-12,14-15,26-27,37-38H,4,6,9-10,13,16-18,34-35H2,1-2H3;2-11H2,1H3/t26-,27?,28?;/m0./s1. The number of likely N-dealkylation sites (N-methyl/N-ethyl adjacent to an activating group) is 1. The Morgan fingerprint density at radius 3 is 2.44 bits per heavy atom. The number of aromatic nitrogens is 1. The van der Waals surface area contributed by atoms with Gasteiger partial charge in [0, 0.05) is 25.2 Å². The maximum Gasteiger partial charge on any atom is 0.418 e. The predicted octanol–water partition coefficient (Wildman–Crippen LogP) is 7.07. The first-order valence-corrected chi connectivity index (χ1v) is 19.6. The maximum absolute atomic E-state index is 13.7. The number of pyridine rings is 1. The van der Waals surface area contributed by atoms with E-state index in [1.807, 2.05) is 0 Å². The molecule has 15 heteroatoms. The van der Waals surface area contributed by atoms with Crippen LogP contribution in [0.2, 0.25) is 5.02 Å². The van der Waals surface area contributed by atoms with Crippen LogP contribution < -0.4 is 32.7 Å². The Kier molecular flexibility index (Phi) is 17.3. The number of likely N-dealkylation sites (tertiary alicyclic amines) is 1. The number of hydrogen-bond donors (Lipinski definition) is 5. The van der Waals surface area contributed by atoms with Crippen LogP contribution in [0.25, 0.3) is 0 Å². The topological polar surface area (TPSA) is 143 Å². The third-order valence-electron chi connectivity index (χ3n) is 10.2. The summed E-state index contributed by atoms with van der Waals surface area (Å²) in [6, 6.07) is 5.58. The van der Waals surface area contributed by atoms with E-state index in [4.69, 9.17) is 38.3 Å². The largest absolute Gasteiger partial charge is 0.497 e. The van der Waals surface area contributed by atoms with E-state index in [9.17, 15) is 13.2 Å². The van der Waals surface area contributed by atoms with Gasteiger partial charge in [-0.25, -0.2) is 10.4 Å². The Labute approximate surface area is 324 Å². The highest BCUT2D eigenvalue weighted by atomic mass is 35.5. The zero-order chi connectivity index (χ0) is 39.1. The number of nitrogens with one attached hydrogen (secondary N) is 2. The smallest absolute Gasteiger partial charge is 0.418 e. The second kappa shape index (κ2) is 21.4. The molecule has 54 heavy (non-hydrogen) atoms. The molecular formula is C39H61ClF3N9O2. The molecule has 0 spiro atoms. The number of halogens is 4. The average molecular weight is 780 g/mol. The van der Waals surface area contributed by atoms with Crippen molar-refractivity contribution in [1.29, 1.82) is 0 Å². The molecule has 3 aliphatic rings. The molecule has 3 atom stereocenters. The van der Waals surface area contributed by atoms with Gasteiger partial charge in [0.05, 0.1) is 60.8 Å². The van der Waals surface area contributed by atoms with Crippen LogP contribution in [0.1, 0.15) is 88.8 Å².